The number of guanidine groups is 1. The average molecular weight is 473 g/mol. The first-order chi connectivity index (χ1) is 9.41. The summed E-state index contributed by atoms with van der Waals surface area (Å²) >= 11 is 3.30. The van der Waals surface area contributed by atoms with Gasteiger partial charge in [0.05, 0.1) is 5.41 Å². The molecule has 0 saturated heterocycles. The van der Waals surface area contributed by atoms with E-state index in [0.29, 0.717) is 19.0 Å². The zero-order valence-electron chi connectivity index (χ0n) is 13.0. The monoisotopic (exact) mass is 472 g/mol. The molecule has 1 fully saturated rings. The molecule has 2 N–H and O–H groups in total. The average Bonchev–Trinajstić information content (AvgIpc) is 2.87. The van der Waals surface area contributed by atoms with Crippen LogP contribution >= 0.6 is 39.9 Å². The van der Waals surface area contributed by atoms with Crippen molar-refractivity contribution >= 4 is 51.8 Å². The molecule has 0 unspecified atom stereocenters. The molecule has 0 atom stereocenters. The maximum absolute atomic E-state index is 12.4. The molecule has 0 radical (unpaired) electrons. The van der Waals surface area contributed by atoms with E-state index in [2.05, 4.69) is 38.1 Å². The highest BCUT2D eigenvalue weighted by molar-refractivity contribution is 14.0. The van der Waals surface area contributed by atoms with Crippen molar-refractivity contribution in [2.24, 2.45) is 10.4 Å². The highest BCUT2D eigenvalue weighted by Crippen LogP contribution is 2.38. The van der Waals surface area contributed by atoms with Gasteiger partial charge in [-0.2, -0.15) is 0 Å². The molecule has 0 aromatic rings. The maximum atomic E-state index is 12.4. The first-order valence-corrected chi connectivity index (χ1v) is 7.70. The highest BCUT2D eigenvalue weighted by Gasteiger charge is 2.42. The fourth-order valence-corrected chi connectivity index (χ4v) is 2.79. The van der Waals surface area contributed by atoms with E-state index in [9.17, 15) is 4.79 Å². The lowest BCUT2D eigenvalue weighted by Gasteiger charge is -2.31. The van der Waals surface area contributed by atoms with Crippen LogP contribution in [-0.2, 0) is 4.79 Å². The van der Waals surface area contributed by atoms with Gasteiger partial charge in [0.15, 0.2) is 5.96 Å². The van der Waals surface area contributed by atoms with E-state index in [0.717, 1.165) is 30.2 Å². The molecule has 0 spiro atoms. The molecule has 0 aromatic carbocycles. The number of nitrogens with zero attached hydrogens (tertiary/aromatic N) is 2. The topological polar surface area (TPSA) is 56.7 Å². The van der Waals surface area contributed by atoms with E-state index in [1.165, 1.54) is 0 Å². The Morgan fingerprint density at radius 1 is 1.33 bits per heavy atom. The van der Waals surface area contributed by atoms with Crippen LogP contribution in [0.3, 0.4) is 0 Å². The maximum Gasteiger partial charge on any atom is 0.230 e. The number of hydrogen-bond donors (Lipinski definition) is 2. The third kappa shape index (κ3) is 6.14. The van der Waals surface area contributed by atoms with E-state index in [-0.39, 0.29) is 35.3 Å². The molecule has 5 nitrogen and oxygen atoms in total. The van der Waals surface area contributed by atoms with Crippen LogP contribution in [0.15, 0.2) is 16.1 Å². The normalized spacial score (nSPS) is 16.9. The number of nitrogens with one attached hydrogen (secondary N) is 2. The molecule has 21 heavy (non-hydrogen) atoms. The Kier molecular flexibility index (Phi) is 9.51. The Labute approximate surface area is 153 Å². The summed E-state index contributed by atoms with van der Waals surface area (Å²) in [6, 6.07) is 0. The van der Waals surface area contributed by atoms with Crippen molar-refractivity contribution in [2.75, 3.05) is 34.2 Å². The summed E-state index contributed by atoms with van der Waals surface area (Å²) in [5.74, 6) is 0.909. The van der Waals surface area contributed by atoms with Crippen molar-refractivity contribution in [1.29, 1.82) is 0 Å². The van der Waals surface area contributed by atoms with Crippen molar-refractivity contribution in [3.8, 4) is 0 Å². The lowest BCUT2D eigenvalue weighted by molar-refractivity contribution is -0.138. The van der Waals surface area contributed by atoms with Crippen LogP contribution in [0.4, 0.5) is 0 Å². The van der Waals surface area contributed by atoms with Gasteiger partial charge in [-0.25, -0.2) is 0 Å². The molecule has 122 valence electrons. The number of rotatable bonds is 5. The third-order valence-corrected chi connectivity index (χ3v) is 3.97. The smallest absolute Gasteiger partial charge is 0.230 e. The van der Waals surface area contributed by atoms with E-state index in [1.807, 2.05) is 14.1 Å². The first kappa shape index (κ1) is 20.7. The quantitative estimate of drug-likeness (QED) is 0.367. The van der Waals surface area contributed by atoms with E-state index in [4.69, 9.17) is 0 Å². The second-order valence-electron chi connectivity index (χ2n) is 5.48. The summed E-state index contributed by atoms with van der Waals surface area (Å²) in [5, 5.41) is 6.42. The minimum Gasteiger partial charge on any atom is -0.355 e. The second kappa shape index (κ2) is 9.66. The van der Waals surface area contributed by atoms with E-state index >= 15 is 0 Å². The number of halogens is 2. The summed E-state index contributed by atoms with van der Waals surface area (Å²) in [7, 11) is 5.37. The summed E-state index contributed by atoms with van der Waals surface area (Å²) in [6.45, 7) is 5.00. The first-order valence-electron chi connectivity index (χ1n) is 6.91. The number of carbonyl (C=O) groups excluding carboxylic acids is 1. The Morgan fingerprint density at radius 3 is 2.33 bits per heavy atom. The van der Waals surface area contributed by atoms with Gasteiger partial charge in [0.2, 0.25) is 5.91 Å². The van der Waals surface area contributed by atoms with Gasteiger partial charge in [-0.15, -0.1) is 24.0 Å². The Hall–Kier alpha value is -0.310. The van der Waals surface area contributed by atoms with Crippen molar-refractivity contribution < 1.29 is 4.79 Å². The zero-order valence-corrected chi connectivity index (χ0v) is 17.0. The molecule has 7 heteroatoms. The minimum atomic E-state index is -0.285. The lowest BCUT2D eigenvalue weighted by atomic mass is 9.84. The van der Waals surface area contributed by atoms with Crippen LogP contribution in [-0.4, -0.2) is 51.0 Å². The van der Waals surface area contributed by atoms with E-state index < -0.39 is 0 Å². The minimum absolute atomic E-state index is 0. The van der Waals surface area contributed by atoms with Gasteiger partial charge in [-0.05, 0) is 12.8 Å². The van der Waals surface area contributed by atoms with Gasteiger partial charge in [-0.3, -0.25) is 9.79 Å². The molecule has 1 rings (SSSR count). The van der Waals surface area contributed by atoms with Crippen molar-refractivity contribution in [1.82, 2.24) is 15.5 Å². The largest absolute Gasteiger partial charge is 0.355 e. The molecule has 1 amide bonds. The van der Waals surface area contributed by atoms with Gasteiger partial charge in [0.25, 0.3) is 0 Å². The van der Waals surface area contributed by atoms with Gasteiger partial charge >= 0.3 is 0 Å². The molecular weight excluding hydrogens is 447 g/mol. The predicted octanol–water partition coefficient (Wildman–Crippen LogP) is 2.33. The lowest BCUT2D eigenvalue weighted by Crippen LogP contribution is -2.49. The highest BCUT2D eigenvalue weighted by atomic mass is 127. The second-order valence-corrected chi connectivity index (χ2v) is 6.61. The van der Waals surface area contributed by atoms with Crippen molar-refractivity contribution in [2.45, 2.75) is 25.7 Å². The van der Waals surface area contributed by atoms with Crippen LogP contribution in [0.1, 0.15) is 25.7 Å². The SMILES string of the molecule is C=C(Br)CNC(=NC)NCC1(C(=O)N(C)C)CCCC1.I. The fourth-order valence-electron chi connectivity index (χ4n) is 2.65. The predicted molar refractivity (Wildman–Crippen MR) is 102 cm³/mol. The molecular formula is C14H26BrIN4O. The van der Waals surface area contributed by atoms with Crippen LogP contribution < -0.4 is 10.6 Å². The molecule has 0 bridgehead atoms. The standard InChI is InChI=1S/C14H25BrN4O.HI/c1-11(15)9-17-13(16-2)18-10-14(7-5-6-8-14)12(20)19(3)4;/h1,5-10H2,2-4H3,(H2,16,17,18);1H. The summed E-state index contributed by atoms with van der Waals surface area (Å²) in [5.41, 5.74) is -0.285. The number of aliphatic imine (C=N–C) groups is 1. The molecule has 1 aliphatic rings. The van der Waals surface area contributed by atoms with Crippen LogP contribution in [0.2, 0.25) is 0 Å². The molecule has 1 saturated carbocycles. The van der Waals surface area contributed by atoms with Crippen LogP contribution in [0, 0.1) is 5.41 Å². The van der Waals surface area contributed by atoms with Gasteiger partial charge in [0.1, 0.15) is 0 Å². The number of hydrogen-bond acceptors (Lipinski definition) is 2. The van der Waals surface area contributed by atoms with E-state index in [1.54, 1.807) is 11.9 Å². The molecule has 0 heterocycles. The number of amides is 1. The zero-order chi connectivity index (χ0) is 15.2. The Balaban J connectivity index is 0.00000400. The van der Waals surface area contributed by atoms with Gasteiger partial charge < -0.3 is 15.5 Å². The Morgan fingerprint density at radius 2 is 1.90 bits per heavy atom. The summed E-state index contributed by atoms with van der Waals surface area (Å²) in [6.07, 6.45) is 4.12. The summed E-state index contributed by atoms with van der Waals surface area (Å²) in [4.78, 5) is 18.3. The van der Waals surface area contributed by atoms with Crippen molar-refractivity contribution in [3.63, 3.8) is 0 Å². The van der Waals surface area contributed by atoms with Gasteiger partial charge in [-0.1, -0.05) is 35.4 Å². The van der Waals surface area contributed by atoms with Crippen LogP contribution in [0.25, 0.3) is 0 Å². The number of carbonyl (C=O) groups is 1. The third-order valence-electron chi connectivity index (χ3n) is 3.69. The summed E-state index contributed by atoms with van der Waals surface area (Å²) < 4.78 is 0.861. The van der Waals surface area contributed by atoms with Crippen molar-refractivity contribution in [3.05, 3.63) is 11.1 Å². The fraction of sp³-hybridized carbons (Fsp3) is 0.714. The van der Waals surface area contributed by atoms with Crippen LogP contribution in [0.5, 0.6) is 0 Å². The Bertz CT molecular complexity index is 392. The molecule has 0 aliphatic heterocycles. The van der Waals surface area contributed by atoms with Gasteiger partial charge in [0, 0.05) is 38.7 Å². The molecule has 0 aromatic heterocycles. The molecule has 1 aliphatic carbocycles.